The Hall–Kier alpha value is -1.53. The van der Waals surface area contributed by atoms with E-state index >= 15 is 0 Å². The van der Waals surface area contributed by atoms with Crippen LogP contribution in [0.25, 0.3) is 0 Å². The van der Waals surface area contributed by atoms with Crippen LogP contribution in [-0.2, 0) is 17.9 Å². The molecule has 2 aromatic carbocycles. The van der Waals surface area contributed by atoms with Crippen LogP contribution in [-0.4, -0.2) is 26.4 Å². The Morgan fingerprint density at radius 3 is 2.61 bits per heavy atom. The van der Waals surface area contributed by atoms with Gasteiger partial charge in [-0.25, -0.2) is 4.39 Å². The second-order valence-electron chi connectivity index (χ2n) is 6.55. The maximum atomic E-state index is 13.9. The summed E-state index contributed by atoms with van der Waals surface area (Å²) in [5.41, 5.74) is 1.24. The number of rotatable bonds is 11. The Labute approximate surface area is 175 Å². The zero-order valence-corrected chi connectivity index (χ0v) is 17.9. The van der Waals surface area contributed by atoms with Crippen LogP contribution in [0.5, 0.6) is 11.5 Å². The van der Waals surface area contributed by atoms with Gasteiger partial charge in [0.05, 0.1) is 23.3 Å². The maximum absolute atomic E-state index is 13.9. The summed E-state index contributed by atoms with van der Waals surface area (Å²) >= 11 is 12.4. The molecule has 0 aromatic heterocycles. The molecule has 0 amide bonds. The van der Waals surface area contributed by atoms with Crippen molar-refractivity contribution < 1.29 is 18.6 Å². The Kier molecular flexibility index (Phi) is 9.32. The Bertz CT molecular complexity index is 751. The average molecular weight is 430 g/mol. The van der Waals surface area contributed by atoms with E-state index < -0.39 is 5.82 Å². The summed E-state index contributed by atoms with van der Waals surface area (Å²) < 4.78 is 30.6. The van der Waals surface area contributed by atoms with Crippen LogP contribution >= 0.6 is 23.2 Å². The fourth-order valence-electron chi connectivity index (χ4n) is 2.58. The fourth-order valence-corrected chi connectivity index (χ4v) is 3.08. The van der Waals surface area contributed by atoms with Crippen LogP contribution in [0, 0.1) is 5.82 Å². The first kappa shape index (κ1) is 22.8. The summed E-state index contributed by atoms with van der Waals surface area (Å²) in [5.74, 6) is 0.419. The minimum absolute atomic E-state index is 0.0466. The monoisotopic (exact) mass is 429 g/mol. The topological polar surface area (TPSA) is 39.7 Å². The van der Waals surface area contributed by atoms with Crippen LogP contribution in [0.2, 0.25) is 10.0 Å². The van der Waals surface area contributed by atoms with Gasteiger partial charge in [-0.2, -0.15) is 0 Å². The van der Waals surface area contributed by atoms with Crippen molar-refractivity contribution in [3.63, 3.8) is 0 Å². The fraction of sp³-hybridized carbons (Fsp3) is 0.429. The van der Waals surface area contributed by atoms with Gasteiger partial charge in [-0.1, -0.05) is 29.3 Å². The van der Waals surface area contributed by atoms with Gasteiger partial charge in [0.2, 0.25) is 0 Å². The molecule has 7 heteroatoms. The zero-order valence-electron chi connectivity index (χ0n) is 16.4. The molecular formula is C21H26Cl2FNO3. The third-order valence-electron chi connectivity index (χ3n) is 3.99. The second kappa shape index (κ2) is 11.5. The first-order valence-corrected chi connectivity index (χ1v) is 9.92. The number of ether oxygens (including phenoxy) is 3. The highest BCUT2D eigenvalue weighted by atomic mass is 35.5. The molecule has 2 aromatic rings. The summed E-state index contributed by atoms with van der Waals surface area (Å²) in [4.78, 5) is 0. The van der Waals surface area contributed by atoms with Gasteiger partial charge in [-0.05, 0) is 56.6 Å². The second-order valence-corrected chi connectivity index (χ2v) is 7.36. The zero-order chi connectivity index (χ0) is 20.5. The van der Waals surface area contributed by atoms with Gasteiger partial charge >= 0.3 is 0 Å². The predicted octanol–water partition coefficient (Wildman–Crippen LogP) is 5.62. The first-order valence-electron chi connectivity index (χ1n) is 9.16. The summed E-state index contributed by atoms with van der Waals surface area (Å²) in [6, 6.07) is 8.15. The highest BCUT2D eigenvalue weighted by molar-refractivity contribution is 6.32. The van der Waals surface area contributed by atoms with Crippen molar-refractivity contribution in [2.75, 3.05) is 20.3 Å². The molecular weight excluding hydrogens is 404 g/mol. The first-order chi connectivity index (χ1) is 13.4. The molecule has 154 valence electrons. The number of hydrogen-bond acceptors (Lipinski definition) is 4. The number of benzene rings is 2. The Morgan fingerprint density at radius 1 is 1.14 bits per heavy atom. The normalized spacial score (nSPS) is 11.1. The molecule has 0 aliphatic heterocycles. The van der Waals surface area contributed by atoms with E-state index in [1.807, 2.05) is 19.9 Å². The minimum Gasteiger partial charge on any atom is -0.493 e. The molecule has 0 bridgehead atoms. The number of nitrogens with one attached hydrogen (secondary N) is 1. The van der Waals surface area contributed by atoms with E-state index in [1.54, 1.807) is 18.2 Å². The lowest BCUT2D eigenvalue weighted by atomic mass is 10.2. The van der Waals surface area contributed by atoms with Crippen LogP contribution in [0.1, 0.15) is 31.4 Å². The molecule has 28 heavy (non-hydrogen) atoms. The van der Waals surface area contributed by atoms with E-state index in [0.717, 1.165) is 25.1 Å². The molecule has 0 unspecified atom stereocenters. The minimum atomic E-state index is -0.426. The molecule has 0 aliphatic carbocycles. The Balaban J connectivity index is 1.97. The largest absolute Gasteiger partial charge is 0.493 e. The van der Waals surface area contributed by atoms with Crippen molar-refractivity contribution in [2.45, 2.75) is 39.5 Å². The summed E-state index contributed by atoms with van der Waals surface area (Å²) in [6.07, 6.45) is 1.17. The quantitative estimate of drug-likeness (QED) is 0.470. The number of halogens is 3. The number of hydrogen-bond donors (Lipinski definition) is 1. The molecule has 0 atom stereocenters. The maximum Gasteiger partial charge on any atom is 0.180 e. The highest BCUT2D eigenvalue weighted by Gasteiger charge is 2.14. The van der Waals surface area contributed by atoms with E-state index in [0.29, 0.717) is 28.1 Å². The third kappa shape index (κ3) is 6.82. The molecule has 0 saturated carbocycles. The SMILES string of the molecule is COc1cc(CNCCCOC(C)C)cc(Cl)c1OCc1c(F)cccc1Cl. The van der Waals surface area contributed by atoms with Gasteiger partial charge in [0.25, 0.3) is 0 Å². The van der Waals surface area contributed by atoms with Gasteiger partial charge in [-0.3, -0.25) is 0 Å². The molecule has 0 fully saturated rings. The smallest absolute Gasteiger partial charge is 0.180 e. The highest BCUT2D eigenvalue weighted by Crippen LogP contribution is 2.37. The van der Waals surface area contributed by atoms with Gasteiger partial charge in [0.1, 0.15) is 12.4 Å². The van der Waals surface area contributed by atoms with Crippen LogP contribution in [0.4, 0.5) is 4.39 Å². The van der Waals surface area contributed by atoms with E-state index in [2.05, 4.69) is 5.32 Å². The van der Waals surface area contributed by atoms with Crippen molar-refractivity contribution in [1.29, 1.82) is 0 Å². The Morgan fingerprint density at radius 2 is 1.93 bits per heavy atom. The van der Waals surface area contributed by atoms with Gasteiger partial charge in [-0.15, -0.1) is 0 Å². The summed E-state index contributed by atoms with van der Waals surface area (Å²) in [6.45, 7) is 6.18. The van der Waals surface area contributed by atoms with Gasteiger partial charge in [0, 0.05) is 18.7 Å². The van der Waals surface area contributed by atoms with E-state index in [1.165, 1.54) is 13.2 Å². The number of methoxy groups -OCH3 is 1. The van der Waals surface area contributed by atoms with E-state index in [-0.39, 0.29) is 18.3 Å². The standard InChI is InChI=1S/C21H26Cl2FNO3/c1-14(2)27-9-5-8-25-12-15-10-18(23)21(20(11-15)26-3)28-13-16-17(22)6-4-7-19(16)24/h4,6-7,10-11,14,25H,5,8-9,12-13H2,1-3H3. The molecule has 4 nitrogen and oxygen atoms in total. The molecule has 2 rings (SSSR count). The van der Waals surface area contributed by atoms with Crippen LogP contribution < -0.4 is 14.8 Å². The molecule has 1 N–H and O–H groups in total. The summed E-state index contributed by atoms with van der Waals surface area (Å²) in [5, 5.41) is 4.04. The van der Waals surface area contributed by atoms with Gasteiger partial charge < -0.3 is 19.5 Å². The molecule has 0 radical (unpaired) electrons. The lowest BCUT2D eigenvalue weighted by molar-refractivity contribution is 0.0770. The van der Waals surface area contributed by atoms with Crippen molar-refractivity contribution in [3.8, 4) is 11.5 Å². The lowest BCUT2D eigenvalue weighted by Gasteiger charge is -2.15. The van der Waals surface area contributed by atoms with Crippen LogP contribution in [0.15, 0.2) is 30.3 Å². The van der Waals surface area contributed by atoms with Gasteiger partial charge in [0.15, 0.2) is 11.5 Å². The van der Waals surface area contributed by atoms with Crippen molar-refractivity contribution in [2.24, 2.45) is 0 Å². The van der Waals surface area contributed by atoms with E-state index in [4.69, 9.17) is 37.4 Å². The predicted molar refractivity (Wildman–Crippen MR) is 111 cm³/mol. The van der Waals surface area contributed by atoms with Crippen molar-refractivity contribution >= 4 is 23.2 Å². The van der Waals surface area contributed by atoms with Crippen molar-refractivity contribution in [3.05, 3.63) is 57.3 Å². The molecule has 0 saturated heterocycles. The molecule has 0 spiro atoms. The average Bonchev–Trinajstić information content (AvgIpc) is 2.64. The summed E-state index contributed by atoms with van der Waals surface area (Å²) in [7, 11) is 1.54. The van der Waals surface area contributed by atoms with Crippen molar-refractivity contribution in [1.82, 2.24) is 5.32 Å². The lowest BCUT2D eigenvalue weighted by Crippen LogP contribution is -2.17. The van der Waals surface area contributed by atoms with E-state index in [9.17, 15) is 4.39 Å². The molecule has 0 heterocycles. The molecule has 0 aliphatic rings. The third-order valence-corrected chi connectivity index (χ3v) is 4.62. The van der Waals surface area contributed by atoms with Crippen LogP contribution in [0.3, 0.4) is 0 Å².